The van der Waals surface area contributed by atoms with Gasteiger partial charge in [-0.2, -0.15) is 5.26 Å². The monoisotopic (exact) mass is 165 g/mol. The molecule has 2 atom stereocenters. The van der Waals surface area contributed by atoms with Crippen molar-refractivity contribution in [3.8, 4) is 6.07 Å². The Morgan fingerprint density at radius 2 is 2.17 bits per heavy atom. The Bertz CT molecular complexity index is 157. The molecule has 0 heterocycles. The zero-order valence-corrected chi connectivity index (χ0v) is 8.05. The third kappa shape index (κ3) is 2.85. The molecule has 2 unspecified atom stereocenters. The number of hydrogen-bond acceptors (Lipinski definition) is 1. The van der Waals surface area contributed by atoms with Gasteiger partial charge in [-0.15, -0.1) is 0 Å². The first-order valence-corrected chi connectivity index (χ1v) is 5.26. The molecule has 0 radical (unpaired) electrons. The minimum absolute atomic E-state index is 0.386. The minimum atomic E-state index is 0.386. The summed E-state index contributed by atoms with van der Waals surface area (Å²) in [7, 11) is 0. The van der Waals surface area contributed by atoms with E-state index in [1.807, 2.05) is 0 Å². The van der Waals surface area contributed by atoms with Gasteiger partial charge in [0.05, 0.1) is 6.07 Å². The predicted molar refractivity (Wildman–Crippen MR) is 50.6 cm³/mol. The van der Waals surface area contributed by atoms with E-state index in [2.05, 4.69) is 13.0 Å². The second-order valence-electron chi connectivity index (χ2n) is 4.00. The van der Waals surface area contributed by atoms with Crippen molar-refractivity contribution >= 4 is 0 Å². The summed E-state index contributed by atoms with van der Waals surface area (Å²) in [5.74, 6) is 1.26. The zero-order valence-electron chi connectivity index (χ0n) is 8.05. The summed E-state index contributed by atoms with van der Waals surface area (Å²) in [6.07, 6.45) is 9.07. The first kappa shape index (κ1) is 9.58. The lowest BCUT2D eigenvalue weighted by Crippen LogP contribution is -1.94. The Labute approximate surface area is 75.8 Å². The molecule has 68 valence electrons. The standard InChI is InChI=1S/C11H19N/c1-2-3-4-5-10-6-7-11(8-10)9-12/h10-11H,2-8H2,1H3. The summed E-state index contributed by atoms with van der Waals surface area (Å²) in [4.78, 5) is 0. The number of unbranched alkanes of at least 4 members (excludes halogenated alkanes) is 2. The average molecular weight is 165 g/mol. The fourth-order valence-corrected chi connectivity index (χ4v) is 2.14. The van der Waals surface area contributed by atoms with E-state index in [4.69, 9.17) is 5.26 Å². The molecule has 0 aromatic heterocycles. The van der Waals surface area contributed by atoms with E-state index in [0.717, 1.165) is 12.3 Å². The molecule has 12 heavy (non-hydrogen) atoms. The van der Waals surface area contributed by atoms with Gasteiger partial charge in [-0.1, -0.05) is 32.6 Å². The molecular weight excluding hydrogens is 146 g/mol. The maximum absolute atomic E-state index is 8.71. The van der Waals surface area contributed by atoms with Gasteiger partial charge in [0, 0.05) is 5.92 Å². The maximum Gasteiger partial charge on any atom is 0.0655 e. The van der Waals surface area contributed by atoms with Crippen LogP contribution in [0.4, 0.5) is 0 Å². The van der Waals surface area contributed by atoms with Crippen molar-refractivity contribution in [2.45, 2.75) is 51.9 Å². The molecule has 0 aliphatic heterocycles. The molecule has 0 amide bonds. The van der Waals surface area contributed by atoms with Crippen molar-refractivity contribution < 1.29 is 0 Å². The van der Waals surface area contributed by atoms with Crippen LogP contribution in [-0.4, -0.2) is 0 Å². The maximum atomic E-state index is 8.71. The van der Waals surface area contributed by atoms with Crippen LogP contribution < -0.4 is 0 Å². The van der Waals surface area contributed by atoms with E-state index in [1.165, 1.54) is 38.5 Å². The van der Waals surface area contributed by atoms with Crippen molar-refractivity contribution in [2.24, 2.45) is 11.8 Å². The largest absolute Gasteiger partial charge is 0.198 e. The highest BCUT2D eigenvalue weighted by molar-refractivity contribution is 4.89. The molecule has 1 nitrogen and oxygen atoms in total. The van der Waals surface area contributed by atoms with Crippen LogP contribution in [0.25, 0.3) is 0 Å². The van der Waals surface area contributed by atoms with Crippen molar-refractivity contribution in [2.75, 3.05) is 0 Å². The normalized spacial score (nSPS) is 28.7. The topological polar surface area (TPSA) is 23.8 Å². The van der Waals surface area contributed by atoms with Crippen molar-refractivity contribution in [1.29, 1.82) is 5.26 Å². The van der Waals surface area contributed by atoms with Gasteiger partial charge >= 0.3 is 0 Å². The van der Waals surface area contributed by atoms with E-state index in [9.17, 15) is 0 Å². The third-order valence-electron chi connectivity index (χ3n) is 2.94. The highest BCUT2D eigenvalue weighted by Crippen LogP contribution is 2.33. The Morgan fingerprint density at radius 3 is 2.75 bits per heavy atom. The Balaban J connectivity index is 2.08. The van der Waals surface area contributed by atoms with Crippen molar-refractivity contribution in [1.82, 2.24) is 0 Å². The van der Waals surface area contributed by atoms with Crippen molar-refractivity contribution in [3.63, 3.8) is 0 Å². The van der Waals surface area contributed by atoms with Gasteiger partial charge in [-0.3, -0.25) is 0 Å². The lowest BCUT2D eigenvalue weighted by molar-refractivity contribution is 0.463. The van der Waals surface area contributed by atoms with E-state index in [-0.39, 0.29) is 0 Å². The highest BCUT2D eigenvalue weighted by Gasteiger charge is 2.23. The molecule has 1 saturated carbocycles. The second-order valence-corrected chi connectivity index (χ2v) is 4.00. The lowest BCUT2D eigenvalue weighted by Gasteiger charge is -2.06. The van der Waals surface area contributed by atoms with Gasteiger partial charge in [-0.05, 0) is 25.2 Å². The molecule has 1 heteroatoms. The molecule has 0 aromatic rings. The molecule has 1 fully saturated rings. The van der Waals surface area contributed by atoms with Crippen LogP contribution in [-0.2, 0) is 0 Å². The van der Waals surface area contributed by atoms with Crippen LogP contribution in [0.2, 0.25) is 0 Å². The van der Waals surface area contributed by atoms with Crippen molar-refractivity contribution in [3.05, 3.63) is 0 Å². The van der Waals surface area contributed by atoms with Crippen LogP contribution in [0.1, 0.15) is 51.9 Å². The summed E-state index contributed by atoms with van der Waals surface area (Å²) in [5.41, 5.74) is 0. The molecule has 0 bridgehead atoms. The average Bonchev–Trinajstić information content (AvgIpc) is 2.53. The van der Waals surface area contributed by atoms with Gasteiger partial charge < -0.3 is 0 Å². The smallest absolute Gasteiger partial charge is 0.0655 e. The van der Waals surface area contributed by atoms with E-state index in [1.54, 1.807) is 0 Å². The van der Waals surface area contributed by atoms with Gasteiger partial charge in [0.15, 0.2) is 0 Å². The Morgan fingerprint density at radius 1 is 1.33 bits per heavy atom. The number of nitrogens with zero attached hydrogens (tertiary/aromatic N) is 1. The number of hydrogen-bond donors (Lipinski definition) is 0. The Hall–Kier alpha value is -0.510. The summed E-state index contributed by atoms with van der Waals surface area (Å²) in [6, 6.07) is 2.38. The summed E-state index contributed by atoms with van der Waals surface area (Å²) in [5, 5.41) is 8.71. The number of rotatable bonds is 4. The molecule has 0 aromatic carbocycles. The molecule has 0 N–H and O–H groups in total. The summed E-state index contributed by atoms with van der Waals surface area (Å²) in [6.45, 7) is 2.24. The SMILES string of the molecule is CCCCCC1CCC(C#N)C1. The summed E-state index contributed by atoms with van der Waals surface area (Å²) >= 11 is 0. The van der Waals surface area contributed by atoms with Crippen LogP contribution in [0.5, 0.6) is 0 Å². The van der Waals surface area contributed by atoms with Gasteiger partial charge in [0.25, 0.3) is 0 Å². The number of nitriles is 1. The minimum Gasteiger partial charge on any atom is -0.198 e. The second kappa shape index (κ2) is 5.19. The van der Waals surface area contributed by atoms with Gasteiger partial charge in [0.2, 0.25) is 0 Å². The lowest BCUT2D eigenvalue weighted by atomic mass is 9.99. The van der Waals surface area contributed by atoms with Crippen LogP contribution in [0.15, 0.2) is 0 Å². The van der Waals surface area contributed by atoms with E-state index < -0.39 is 0 Å². The first-order valence-electron chi connectivity index (χ1n) is 5.26. The molecule has 0 spiro atoms. The quantitative estimate of drug-likeness (QED) is 0.585. The van der Waals surface area contributed by atoms with Crippen LogP contribution >= 0.6 is 0 Å². The molecule has 0 saturated heterocycles. The predicted octanol–water partition coefficient (Wildman–Crippen LogP) is 3.51. The van der Waals surface area contributed by atoms with E-state index >= 15 is 0 Å². The third-order valence-corrected chi connectivity index (χ3v) is 2.94. The summed E-state index contributed by atoms with van der Waals surface area (Å²) < 4.78 is 0. The molecule has 1 rings (SSSR count). The first-order chi connectivity index (χ1) is 5.86. The fourth-order valence-electron chi connectivity index (χ4n) is 2.14. The van der Waals surface area contributed by atoms with Crippen LogP contribution in [0.3, 0.4) is 0 Å². The Kier molecular flexibility index (Phi) is 4.14. The van der Waals surface area contributed by atoms with Gasteiger partial charge in [0.1, 0.15) is 0 Å². The molecular formula is C11H19N. The van der Waals surface area contributed by atoms with Gasteiger partial charge in [-0.25, -0.2) is 0 Å². The highest BCUT2D eigenvalue weighted by atomic mass is 14.3. The zero-order chi connectivity index (χ0) is 8.81. The van der Waals surface area contributed by atoms with E-state index in [0.29, 0.717) is 5.92 Å². The molecule has 1 aliphatic carbocycles. The van der Waals surface area contributed by atoms with Crippen LogP contribution in [0, 0.1) is 23.2 Å². The fraction of sp³-hybridized carbons (Fsp3) is 0.909. The molecule has 1 aliphatic rings.